The number of benzene rings is 3. The summed E-state index contributed by atoms with van der Waals surface area (Å²) in [5.41, 5.74) is 4.43. The summed E-state index contributed by atoms with van der Waals surface area (Å²) in [5.74, 6) is 15.3. The molecule has 0 bridgehead atoms. The molecule has 0 radical (unpaired) electrons. The average molecular weight is 302 g/mol. The van der Waals surface area contributed by atoms with Crippen molar-refractivity contribution >= 4 is 0 Å². The molecule has 24 heavy (non-hydrogen) atoms. The van der Waals surface area contributed by atoms with Gasteiger partial charge in [0, 0.05) is 27.8 Å². The third-order valence-electron chi connectivity index (χ3n) is 3.42. The Morgan fingerprint density at radius 1 is 0.500 bits per heavy atom. The summed E-state index contributed by atoms with van der Waals surface area (Å²) in [5, 5.41) is 0. The molecule has 0 amide bonds. The third-order valence-corrected chi connectivity index (χ3v) is 3.42. The Bertz CT molecular complexity index is 996. The lowest BCUT2D eigenvalue weighted by molar-refractivity contribution is 1.55. The molecule has 0 heterocycles. The zero-order chi connectivity index (χ0) is 16.6. The zero-order valence-corrected chi connectivity index (χ0v) is 13.1. The monoisotopic (exact) mass is 302 g/mol. The van der Waals surface area contributed by atoms with Crippen LogP contribution in [0.3, 0.4) is 0 Å². The smallest absolute Gasteiger partial charge is 0.0411 e. The zero-order valence-electron chi connectivity index (χ0n) is 13.1. The Labute approximate surface area is 143 Å². The fraction of sp³-hybridized carbons (Fsp3) is 0. The van der Waals surface area contributed by atoms with Crippen LogP contribution in [0.25, 0.3) is 0 Å². The maximum Gasteiger partial charge on any atom is 0.0411 e. The lowest BCUT2D eigenvalue weighted by Crippen LogP contribution is -1.86. The SMILES string of the molecule is C#Cc1cc(C#Cc2ccccc2)ccc1C#Cc1ccccc1. The Balaban J connectivity index is 1.89. The molecule has 0 heteroatoms. The van der Waals surface area contributed by atoms with Crippen LogP contribution in [-0.4, -0.2) is 0 Å². The largest absolute Gasteiger partial charge is 0.115 e. The molecule has 0 saturated carbocycles. The van der Waals surface area contributed by atoms with E-state index >= 15 is 0 Å². The van der Waals surface area contributed by atoms with Crippen LogP contribution in [0.4, 0.5) is 0 Å². The predicted octanol–water partition coefficient (Wildman–Crippen LogP) is 4.47. The summed E-state index contributed by atoms with van der Waals surface area (Å²) in [7, 11) is 0. The van der Waals surface area contributed by atoms with Gasteiger partial charge in [0.25, 0.3) is 0 Å². The summed E-state index contributed by atoms with van der Waals surface area (Å²) >= 11 is 0. The van der Waals surface area contributed by atoms with Gasteiger partial charge in [-0.25, -0.2) is 0 Å². The normalized spacial score (nSPS) is 8.96. The van der Waals surface area contributed by atoms with Crippen LogP contribution in [0.2, 0.25) is 0 Å². The van der Waals surface area contributed by atoms with Crippen molar-refractivity contribution in [1.82, 2.24) is 0 Å². The lowest BCUT2D eigenvalue weighted by atomic mass is 10.0. The van der Waals surface area contributed by atoms with Crippen molar-refractivity contribution in [1.29, 1.82) is 0 Å². The van der Waals surface area contributed by atoms with Crippen molar-refractivity contribution in [3.05, 3.63) is 107 Å². The van der Waals surface area contributed by atoms with Gasteiger partial charge in [0.05, 0.1) is 0 Å². The highest BCUT2D eigenvalue weighted by Crippen LogP contribution is 2.10. The van der Waals surface area contributed by atoms with Gasteiger partial charge in [-0.2, -0.15) is 0 Å². The van der Waals surface area contributed by atoms with Gasteiger partial charge in [-0.3, -0.25) is 0 Å². The summed E-state index contributed by atoms with van der Waals surface area (Å²) in [6.07, 6.45) is 5.63. The summed E-state index contributed by atoms with van der Waals surface area (Å²) in [4.78, 5) is 0. The molecular weight excluding hydrogens is 288 g/mol. The van der Waals surface area contributed by atoms with Crippen LogP contribution in [0.15, 0.2) is 78.9 Å². The molecule has 0 saturated heterocycles. The standard InChI is InChI=1S/C24H14/c1-2-23-19-22(14-13-20-9-5-3-6-10-20)16-18-24(23)17-15-21-11-7-4-8-12-21/h1,3-12,16,18-19H. The highest BCUT2D eigenvalue weighted by Gasteiger charge is 1.98. The number of rotatable bonds is 0. The van der Waals surface area contributed by atoms with E-state index in [2.05, 4.69) is 29.6 Å². The number of terminal acetylenes is 1. The minimum Gasteiger partial charge on any atom is -0.115 e. The van der Waals surface area contributed by atoms with Gasteiger partial charge in [0.15, 0.2) is 0 Å². The molecule has 0 atom stereocenters. The van der Waals surface area contributed by atoms with Crippen LogP contribution in [-0.2, 0) is 0 Å². The predicted molar refractivity (Wildman–Crippen MR) is 99.2 cm³/mol. The quantitative estimate of drug-likeness (QED) is 0.538. The van der Waals surface area contributed by atoms with Crippen LogP contribution >= 0.6 is 0 Å². The van der Waals surface area contributed by atoms with Crippen LogP contribution in [0.1, 0.15) is 27.8 Å². The van der Waals surface area contributed by atoms with Gasteiger partial charge in [-0.15, -0.1) is 6.42 Å². The third kappa shape index (κ3) is 3.96. The molecule has 0 aliphatic heterocycles. The van der Waals surface area contributed by atoms with E-state index in [4.69, 9.17) is 6.42 Å². The van der Waals surface area contributed by atoms with E-state index in [0.29, 0.717) is 0 Å². The summed E-state index contributed by atoms with van der Waals surface area (Å²) in [6.45, 7) is 0. The minimum absolute atomic E-state index is 0.762. The highest BCUT2D eigenvalue weighted by molar-refractivity contribution is 5.56. The molecule has 0 aliphatic carbocycles. The Hall–Kier alpha value is -3.66. The summed E-state index contributed by atoms with van der Waals surface area (Å²) in [6, 6.07) is 25.5. The van der Waals surface area contributed by atoms with Crippen molar-refractivity contribution in [2.75, 3.05) is 0 Å². The Morgan fingerprint density at radius 2 is 1.04 bits per heavy atom. The van der Waals surface area contributed by atoms with Gasteiger partial charge >= 0.3 is 0 Å². The van der Waals surface area contributed by atoms with Gasteiger partial charge < -0.3 is 0 Å². The molecule has 0 fully saturated rings. The van der Waals surface area contributed by atoms with E-state index in [0.717, 1.165) is 27.8 Å². The second-order valence-electron chi connectivity index (χ2n) is 5.14. The molecule has 3 aromatic carbocycles. The first kappa shape index (κ1) is 15.2. The van der Waals surface area contributed by atoms with E-state index in [1.54, 1.807) is 0 Å². The molecule has 3 rings (SSSR count). The van der Waals surface area contributed by atoms with Gasteiger partial charge in [-0.1, -0.05) is 66.0 Å². The van der Waals surface area contributed by atoms with Gasteiger partial charge in [-0.05, 0) is 42.5 Å². The number of hydrogen-bond acceptors (Lipinski definition) is 0. The Kier molecular flexibility index (Phi) is 4.80. The highest BCUT2D eigenvalue weighted by atomic mass is 14.0. The number of hydrogen-bond donors (Lipinski definition) is 0. The van der Waals surface area contributed by atoms with Crippen molar-refractivity contribution in [3.8, 4) is 36.0 Å². The molecule has 0 spiro atoms. The first-order valence-corrected chi connectivity index (χ1v) is 7.60. The average Bonchev–Trinajstić information content (AvgIpc) is 2.66. The maximum absolute atomic E-state index is 5.63. The van der Waals surface area contributed by atoms with Crippen LogP contribution in [0.5, 0.6) is 0 Å². The van der Waals surface area contributed by atoms with Gasteiger partial charge in [0.2, 0.25) is 0 Å². The van der Waals surface area contributed by atoms with Crippen molar-refractivity contribution in [2.24, 2.45) is 0 Å². The molecule has 0 N–H and O–H groups in total. The van der Waals surface area contributed by atoms with E-state index in [1.165, 1.54) is 0 Å². The molecule has 0 aromatic heterocycles. The fourth-order valence-corrected chi connectivity index (χ4v) is 2.18. The topological polar surface area (TPSA) is 0 Å². The first-order valence-electron chi connectivity index (χ1n) is 7.60. The van der Waals surface area contributed by atoms with E-state index in [9.17, 15) is 0 Å². The molecule has 0 unspecified atom stereocenters. The molecular formula is C24H14. The van der Waals surface area contributed by atoms with Crippen molar-refractivity contribution in [3.63, 3.8) is 0 Å². The minimum atomic E-state index is 0.762. The van der Waals surface area contributed by atoms with E-state index in [1.807, 2.05) is 78.9 Å². The van der Waals surface area contributed by atoms with Gasteiger partial charge in [0.1, 0.15) is 0 Å². The van der Waals surface area contributed by atoms with E-state index in [-0.39, 0.29) is 0 Å². The molecule has 0 nitrogen and oxygen atoms in total. The first-order chi connectivity index (χ1) is 11.8. The molecule has 0 aliphatic rings. The fourth-order valence-electron chi connectivity index (χ4n) is 2.18. The second-order valence-corrected chi connectivity index (χ2v) is 5.14. The summed E-state index contributed by atoms with van der Waals surface area (Å²) < 4.78 is 0. The van der Waals surface area contributed by atoms with Crippen molar-refractivity contribution in [2.45, 2.75) is 0 Å². The molecule has 110 valence electrons. The Morgan fingerprint density at radius 3 is 1.62 bits per heavy atom. The lowest BCUT2D eigenvalue weighted by Gasteiger charge is -1.98. The second kappa shape index (κ2) is 7.56. The van der Waals surface area contributed by atoms with Crippen LogP contribution < -0.4 is 0 Å². The van der Waals surface area contributed by atoms with E-state index < -0.39 is 0 Å². The van der Waals surface area contributed by atoms with Crippen LogP contribution in [0, 0.1) is 36.0 Å². The maximum atomic E-state index is 5.63. The van der Waals surface area contributed by atoms with Crippen molar-refractivity contribution < 1.29 is 0 Å². The molecule has 3 aromatic rings.